The first-order chi connectivity index (χ1) is 11.4. The van der Waals surface area contributed by atoms with Crippen LogP contribution in [0.3, 0.4) is 0 Å². The Morgan fingerprint density at radius 2 is 0.880 bits per heavy atom. The maximum absolute atomic E-state index is 9.43. The second kappa shape index (κ2) is 12.2. The van der Waals surface area contributed by atoms with Crippen LogP contribution in [-0.2, 0) is 20.4 Å². The molecule has 0 saturated carbocycles. The second-order valence-corrected chi connectivity index (χ2v) is 5.45. The molecule has 0 radical (unpaired) electrons. The van der Waals surface area contributed by atoms with Crippen LogP contribution in [0.1, 0.15) is 37.8 Å². The molecule has 2 rings (SSSR count). The van der Waals surface area contributed by atoms with E-state index in [0.717, 1.165) is 11.1 Å². The fourth-order valence-corrected chi connectivity index (χ4v) is 1.95. The number of carbonyl (C=O) groups excluding carboxylic acids is 4. The van der Waals surface area contributed by atoms with Crippen molar-refractivity contribution in [1.29, 1.82) is 0 Å². The maximum Gasteiger partial charge on any atom is 0.336 e. The summed E-state index contributed by atoms with van der Waals surface area (Å²) in [5.74, 6) is 0.846. The van der Waals surface area contributed by atoms with Crippen LogP contribution < -0.4 is 0 Å². The van der Waals surface area contributed by atoms with Gasteiger partial charge in [0.15, 0.2) is 12.8 Å². The van der Waals surface area contributed by atoms with E-state index in [1.54, 1.807) is 38.1 Å². The Morgan fingerprint density at radius 1 is 0.600 bits per heavy atom. The van der Waals surface area contributed by atoms with Crippen molar-refractivity contribution in [3.8, 4) is 0 Å². The summed E-state index contributed by atoms with van der Waals surface area (Å²) < 4.78 is 0. The van der Waals surface area contributed by atoms with Gasteiger partial charge < -0.3 is 0 Å². The molecule has 0 fully saturated rings. The Balaban J connectivity index is 0.000000443. The molecular weight excluding hydrogens is 411 g/mol. The Bertz CT molecular complexity index is 645. The Kier molecular flexibility index (Phi) is 11.1. The smallest absolute Gasteiger partial charge is 0.283 e. The van der Waals surface area contributed by atoms with E-state index < -0.39 is 0 Å². The Labute approximate surface area is 161 Å². The van der Waals surface area contributed by atoms with Gasteiger partial charge in [0.25, 0.3) is 0 Å². The van der Waals surface area contributed by atoms with Crippen LogP contribution in [0.15, 0.2) is 60.7 Å². The first-order valence-electron chi connectivity index (χ1n) is 7.63. The summed E-state index contributed by atoms with van der Waals surface area (Å²) in [5, 5.41) is 0. The van der Waals surface area contributed by atoms with E-state index in [4.69, 9.17) is 9.59 Å². The minimum atomic E-state index is 0. The van der Waals surface area contributed by atoms with Gasteiger partial charge in [-0.3, -0.25) is 19.2 Å². The van der Waals surface area contributed by atoms with Gasteiger partial charge in [0.2, 0.25) is 0 Å². The van der Waals surface area contributed by atoms with Crippen LogP contribution in [0.2, 0.25) is 0 Å². The quantitative estimate of drug-likeness (QED) is 0.289. The molecule has 0 bridgehead atoms. The number of ketones is 4. The van der Waals surface area contributed by atoms with E-state index in [1.165, 1.54) is 0 Å². The number of hydrogen-bond acceptors (Lipinski definition) is 0. The fraction of sp³-hybridized carbons (Fsp3) is 0.200. The van der Waals surface area contributed by atoms with E-state index in [0.29, 0.717) is 0 Å². The zero-order chi connectivity index (χ0) is 17.9. The van der Waals surface area contributed by atoms with Gasteiger partial charge in [-0.2, -0.15) is 0 Å². The first kappa shape index (κ1) is 22.8. The summed E-state index contributed by atoms with van der Waals surface area (Å²) in [7, 11) is 0. The molecule has 134 valence electrons. The standard InChI is InChI=1S/2C10H10O2.Pd/c2*1-8(11)7-10(12)9-5-3-2-4-6-9;/h2*2-6H,7H2,1H3;/p+4. The molecular formula is C20H24O4Pd+4. The molecule has 0 unspecified atom stereocenters. The minimum absolute atomic E-state index is 0. The van der Waals surface area contributed by atoms with Crippen LogP contribution in [0, 0.1) is 0 Å². The SMILES string of the molecule is CC(=[OH+])CC(=[OH+])c1ccccc1.CC(=[OH+])CC(=[OH+])c1ccccc1.[Pd]. The molecule has 0 aromatic heterocycles. The van der Waals surface area contributed by atoms with Crippen molar-refractivity contribution in [1.82, 2.24) is 0 Å². The molecule has 4 nitrogen and oxygen atoms in total. The summed E-state index contributed by atoms with van der Waals surface area (Å²) in [6, 6.07) is 18.4. The maximum atomic E-state index is 9.43. The van der Waals surface area contributed by atoms with Crippen molar-refractivity contribution in [3.63, 3.8) is 0 Å². The summed E-state index contributed by atoms with van der Waals surface area (Å²) in [5.41, 5.74) is 1.51. The van der Waals surface area contributed by atoms with Crippen molar-refractivity contribution in [2.45, 2.75) is 26.7 Å². The van der Waals surface area contributed by atoms with Gasteiger partial charge in [-0.25, -0.2) is 0 Å². The molecule has 0 aliphatic heterocycles. The molecule has 0 aliphatic carbocycles. The molecule has 5 heteroatoms. The van der Waals surface area contributed by atoms with E-state index in [1.807, 2.05) is 36.4 Å². The van der Waals surface area contributed by atoms with E-state index in [9.17, 15) is 9.59 Å². The molecule has 0 atom stereocenters. The largest absolute Gasteiger partial charge is 0.336 e. The van der Waals surface area contributed by atoms with Gasteiger partial charge in [-0.05, 0) is 24.3 Å². The van der Waals surface area contributed by atoms with Gasteiger partial charge >= 0.3 is 23.1 Å². The predicted octanol–water partition coefficient (Wildman–Crippen LogP) is 3.07. The Morgan fingerprint density at radius 3 is 1.12 bits per heavy atom. The van der Waals surface area contributed by atoms with Crippen LogP contribution in [0.4, 0.5) is 0 Å². The third-order valence-corrected chi connectivity index (χ3v) is 3.06. The van der Waals surface area contributed by atoms with E-state index in [2.05, 4.69) is 0 Å². The minimum Gasteiger partial charge on any atom is -0.283 e. The first-order valence-corrected chi connectivity index (χ1v) is 7.63. The summed E-state index contributed by atoms with van der Waals surface area (Å²) >= 11 is 0. The van der Waals surface area contributed by atoms with Gasteiger partial charge in [0.1, 0.15) is 0 Å². The molecule has 0 spiro atoms. The molecule has 0 saturated heterocycles. The van der Waals surface area contributed by atoms with E-state index in [-0.39, 0.29) is 56.4 Å². The van der Waals surface area contributed by atoms with Crippen molar-refractivity contribution in [3.05, 3.63) is 71.8 Å². The molecule has 2 aromatic carbocycles. The summed E-state index contributed by atoms with van der Waals surface area (Å²) in [6.07, 6.45) is 0.452. The molecule has 2 aromatic rings. The topological polar surface area (TPSA) is 85.6 Å². The fourth-order valence-electron chi connectivity index (χ4n) is 1.95. The summed E-state index contributed by atoms with van der Waals surface area (Å²) in [4.78, 5) is 36.7. The van der Waals surface area contributed by atoms with Gasteiger partial charge in [-0.15, -0.1) is 0 Å². The zero-order valence-electron chi connectivity index (χ0n) is 14.3. The van der Waals surface area contributed by atoms with Crippen LogP contribution in [0.5, 0.6) is 0 Å². The number of hydrogen-bond donors (Lipinski definition) is 0. The third kappa shape index (κ3) is 9.61. The van der Waals surface area contributed by atoms with Crippen LogP contribution in [-0.4, -0.2) is 42.3 Å². The number of benzene rings is 2. The predicted molar refractivity (Wildman–Crippen MR) is 99.4 cm³/mol. The van der Waals surface area contributed by atoms with Crippen LogP contribution in [0.25, 0.3) is 0 Å². The van der Waals surface area contributed by atoms with Gasteiger partial charge in [0, 0.05) is 34.3 Å². The third-order valence-electron chi connectivity index (χ3n) is 3.06. The molecule has 0 heterocycles. The number of rotatable bonds is 6. The molecule has 0 aliphatic rings. The van der Waals surface area contributed by atoms with Crippen molar-refractivity contribution >= 4 is 23.1 Å². The van der Waals surface area contributed by atoms with Gasteiger partial charge in [0.05, 0.1) is 11.1 Å². The van der Waals surface area contributed by atoms with Crippen molar-refractivity contribution < 1.29 is 39.6 Å². The van der Waals surface area contributed by atoms with Gasteiger partial charge in [-0.1, -0.05) is 36.4 Å². The average Bonchev–Trinajstić information content (AvgIpc) is 2.56. The summed E-state index contributed by atoms with van der Waals surface area (Å²) in [6.45, 7) is 3.14. The molecule has 25 heavy (non-hydrogen) atoms. The zero-order valence-corrected chi connectivity index (χ0v) is 15.8. The average molecular weight is 435 g/mol. The molecule has 0 amide bonds. The normalized spacial score (nSPS) is 9.04. The van der Waals surface area contributed by atoms with E-state index >= 15 is 0 Å². The molecule has 4 N–H and O–H groups in total. The second-order valence-electron chi connectivity index (χ2n) is 5.45. The Hall–Kier alpha value is -2.22. The van der Waals surface area contributed by atoms with Crippen molar-refractivity contribution in [2.75, 3.05) is 0 Å². The van der Waals surface area contributed by atoms with Crippen LogP contribution >= 0.6 is 0 Å². The monoisotopic (exact) mass is 434 g/mol. The van der Waals surface area contributed by atoms with Crippen molar-refractivity contribution in [2.24, 2.45) is 0 Å².